The SMILES string of the molecule is CCCOc1ccc(C)cc1C(=O)CCN1CCCC(C(=O)O)C1. The van der Waals surface area contributed by atoms with E-state index in [4.69, 9.17) is 9.84 Å². The molecule has 1 aliphatic heterocycles. The molecule has 132 valence electrons. The molecule has 0 spiro atoms. The highest BCUT2D eigenvalue weighted by Crippen LogP contribution is 2.23. The quantitative estimate of drug-likeness (QED) is 0.740. The van der Waals surface area contributed by atoms with Gasteiger partial charge in [0.25, 0.3) is 0 Å². The van der Waals surface area contributed by atoms with Crippen molar-refractivity contribution in [3.63, 3.8) is 0 Å². The Morgan fingerprint density at radius 3 is 2.88 bits per heavy atom. The van der Waals surface area contributed by atoms with E-state index in [0.717, 1.165) is 31.4 Å². The number of carboxylic acids is 1. The van der Waals surface area contributed by atoms with Crippen molar-refractivity contribution in [2.24, 2.45) is 5.92 Å². The molecular formula is C19H27NO4. The monoisotopic (exact) mass is 333 g/mol. The summed E-state index contributed by atoms with van der Waals surface area (Å²) < 4.78 is 5.69. The second kappa shape index (κ2) is 8.83. The Kier molecular flexibility index (Phi) is 6.79. The smallest absolute Gasteiger partial charge is 0.307 e. The molecule has 1 aromatic carbocycles. The van der Waals surface area contributed by atoms with Crippen molar-refractivity contribution in [1.82, 2.24) is 4.90 Å². The molecule has 1 N–H and O–H groups in total. The highest BCUT2D eigenvalue weighted by Gasteiger charge is 2.25. The molecule has 0 amide bonds. The molecule has 1 atom stereocenters. The van der Waals surface area contributed by atoms with Crippen LogP contribution in [0.5, 0.6) is 5.75 Å². The number of nitrogens with zero attached hydrogens (tertiary/aromatic N) is 1. The molecule has 5 nitrogen and oxygen atoms in total. The third-order valence-corrected chi connectivity index (χ3v) is 4.41. The van der Waals surface area contributed by atoms with Crippen LogP contribution in [-0.2, 0) is 4.79 Å². The van der Waals surface area contributed by atoms with Gasteiger partial charge in [-0.25, -0.2) is 0 Å². The summed E-state index contributed by atoms with van der Waals surface area (Å²) in [4.78, 5) is 25.8. The minimum Gasteiger partial charge on any atom is -0.493 e. The van der Waals surface area contributed by atoms with Crippen molar-refractivity contribution in [2.75, 3.05) is 26.2 Å². The summed E-state index contributed by atoms with van der Waals surface area (Å²) in [5, 5.41) is 9.15. The molecule has 1 saturated heterocycles. The summed E-state index contributed by atoms with van der Waals surface area (Å²) >= 11 is 0. The average Bonchev–Trinajstić information content (AvgIpc) is 2.58. The van der Waals surface area contributed by atoms with E-state index in [-0.39, 0.29) is 11.7 Å². The minimum atomic E-state index is -0.736. The van der Waals surface area contributed by atoms with Crippen LogP contribution in [0.15, 0.2) is 18.2 Å². The Balaban J connectivity index is 1.97. The zero-order valence-corrected chi connectivity index (χ0v) is 14.6. The van der Waals surface area contributed by atoms with Crippen molar-refractivity contribution in [2.45, 2.75) is 39.5 Å². The van der Waals surface area contributed by atoms with Crippen LogP contribution in [0.4, 0.5) is 0 Å². The van der Waals surface area contributed by atoms with Crippen LogP contribution in [-0.4, -0.2) is 48.0 Å². The third-order valence-electron chi connectivity index (χ3n) is 4.41. The topological polar surface area (TPSA) is 66.8 Å². The normalized spacial score (nSPS) is 18.3. The standard InChI is InChI=1S/C19H27NO4/c1-3-11-24-18-7-6-14(2)12-16(18)17(21)8-10-20-9-4-5-15(13-20)19(22)23/h6-7,12,15H,3-5,8-11,13H2,1-2H3,(H,22,23). The third kappa shape index (κ3) is 5.06. The molecule has 0 saturated carbocycles. The summed E-state index contributed by atoms with van der Waals surface area (Å²) in [5.41, 5.74) is 1.67. The Labute approximate surface area is 143 Å². The van der Waals surface area contributed by atoms with E-state index in [2.05, 4.69) is 4.90 Å². The number of aryl methyl sites for hydroxylation is 1. The highest BCUT2D eigenvalue weighted by molar-refractivity contribution is 5.99. The fourth-order valence-electron chi connectivity index (χ4n) is 3.05. The van der Waals surface area contributed by atoms with Gasteiger partial charge in [-0.2, -0.15) is 0 Å². The molecule has 1 unspecified atom stereocenters. The number of piperidine rings is 1. The number of hydrogen-bond acceptors (Lipinski definition) is 4. The maximum absolute atomic E-state index is 12.6. The van der Waals surface area contributed by atoms with Crippen LogP contribution in [0.2, 0.25) is 0 Å². The minimum absolute atomic E-state index is 0.0576. The summed E-state index contributed by atoms with van der Waals surface area (Å²) in [7, 11) is 0. The van der Waals surface area contributed by atoms with E-state index in [1.54, 1.807) is 0 Å². The van der Waals surface area contributed by atoms with Gasteiger partial charge in [0.2, 0.25) is 0 Å². The molecule has 0 radical (unpaired) electrons. The lowest BCUT2D eigenvalue weighted by molar-refractivity contribution is -0.143. The predicted molar refractivity (Wildman–Crippen MR) is 92.7 cm³/mol. The number of Topliss-reactive ketones (excluding diaryl/α,β-unsaturated/α-hetero) is 1. The van der Waals surface area contributed by atoms with E-state index >= 15 is 0 Å². The number of aliphatic carboxylic acids is 1. The molecule has 0 bridgehead atoms. The van der Waals surface area contributed by atoms with E-state index in [1.165, 1.54) is 0 Å². The molecule has 2 rings (SSSR count). The lowest BCUT2D eigenvalue weighted by Gasteiger charge is -2.30. The van der Waals surface area contributed by atoms with Crippen LogP contribution in [0.1, 0.15) is 48.5 Å². The van der Waals surface area contributed by atoms with E-state index in [1.807, 2.05) is 32.0 Å². The Bertz CT molecular complexity index is 585. The second-order valence-corrected chi connectivity index (χ2v) is 6.50. The van der Waals surface area contributed by atoms with Gasteiger partial charge < -0.3 is 14.7 Å². The van der Waals surface area contributed by atoms with Gasteiger partial charge in [-0.3, -0.25) is 9.59 Å². The van der Waals surface area contributed by atoms with Gasteiger partial charge in [0.1, 0.15) is 5.75 Å². The molecule has 1 heterocycles. The van der Waals surface area contributed by atoms with Crippen molar-refractivity contribution in [3.8, 4) is 5.75 Å². The summed E-state index contributed by atoms with van der Waals surface area (Å²) in [6, 6.07) is 5.69. The number of ether oxygens (including phenoxy) is 1. The fourth-order valence-corrected chi connectivity index (χ4v) is 3.05. The van der Waals surface area contributed by atoms with Crippen molar-refractivity contribution >= 4 is 11.8 Å². The van der Waals surface area contributed by atoms with Gasteiger partial charge in [0, 0.05) is 19.5 Å². The Hall–Kier alpha value is -1.88. The lowest BCUT2D eigenvalue weighted by Crippen LogP contribution is -2.39. The molecule has 1 aromatic rings. The van der Waals surface area contributed by atoms with Crippen molar-refractivity contribution in [1.29, 1.82) is 0 Å². The Morgan fingerprint density at radius 2 is 2.17 bits per heavy atom. The maximum atomic E-state index is 12.6. The van der Waals surface area contributed by atoms with Gasteiger partial charge >= 0.3 is 5.97 Å². The number of likely N-dealkylation sites (tertiary alicyclic amines) is 1. The summed E-state index contributed by atoms with van der Waals surface area (Å²) in [6.45, 7) is 6.59. The maximum Gasteiger partial charge on any atom is 0.307 e. The number of ketones is 1. The first kappa shape index (κ1) is 18.5. The highest BCUT2D eigenvalue weighted by atomic mass is 16.5. The lowest BCUT2D eigenvalue weighted by atomic mass is 9.97. The average molecular weight is 333 g/mol. The predicted octanol–water partition coefficient (Wildman–Crippen LogP) is 3.15. The molecule has 1 aliphatic rings. The number of carboxylic acid groups (broad SMARTS) is 1. The first-order chi connectivity index (χ1) is 11.5. The molecule has 0 aliphatic carbocycles. The second-order valence-electron chi connectivity index (χ2n) is 6.50. The molecule has 24 heavy (non-hydrogen) atoms. The first-order valence-corrected chi connectivity index (χ1v) is 8.73. The van der Waals surface area contributed by atoms with Gasteiger partial charge in [0.05, 0.1) is 18.1 Å². The molecule has 5 heteroatoms. The molecule has 1 fully saturated rings. The number of carbonyl (C=O) groups excluding carboxylic acids is 1. The van der Waals surface area contributed by atoms with Gasteiger partial charge in [-0.1, -0.05) is 18.6 Å². The summed E-state index contributed by atoms with van der Waals surface area (Å²) in [6.07, 6.45) is 2.89. The van der Waals surface area contributed by atoms with Crippen LogP contribution in [0, 0.1) is 12.8 Å². The number of carbonyl (C=O) groups is 2. The van der Waals surface area contributed by atoms with Crippen LogP contribution in [0.3, 0.4) is 0 Å². The van der Waals surface area contributed by atoms with Gasteiger partial charge in [-0.05, 0) is 44.9 Å². The van der Waals surface area contributed by atoms with Crippen molar-refractivity contribution in [3.05, 3.63) is 29.3 Å². The number of hydrogen-bond donors (Lipinski definition) is 1. The van der Waals surface area contributed by atoms with E-state index < -0.39 is 5.97 Å². The molecule has 0 aromatic heterocycles. The zero-order valence-electron chi connectivity index (χ0n) is 14.6. The van der Waals surface area contributed by atoms with Crippen LogP contribution < -0.4 is 4.74 Å². The Morgan fingerprint density at radius 1 is 1.38 bits per heavy atom. The van der Waals surface area contributed by atoms with E-state index in [9.17, 15) is 9.59 Å². The fraction of sp³-hybridized carbons (Fsp3) is 0.579. The number of benzene rings is 1. The largest absolute Gasteiger partial charge is 0.493 e. The zero-order chi connectivity index (χ0) is 17.5. The van der Waals surface area contributed by atoms with Crippen LogP contribution >= 0.6 is 0 Å². The van der Waals surface area contributed by atoms with E-state index in [0.29, 0.717) is 37.4 Å². The molecular weight excluding hydrogens is 306 g/mol. The first-order valence-electron chi connectivity index (χ1n) is 8.73. The van der Waals surface area contributed by atoms with Crippen molar-refractivity contribution < 1.29 is 19.4 Å². The van der Waals surface area contributed by atoms with Gasteiger partial charge in [0.15, 0.2) is 5.78 Å². The van der Waals surface area contributed by atoms with Gasteiger partial charge in [-0.15, -0.1) is 0 Å². The van der Waals surface area contributed by atoms with Crippen LogP contribution in [0.25, 0.3) is 0 Å². The number of rotatable bonds is 8. The summed E-state index contributed by atoms with van der Waals surface area (Å²) in [5.74, 6) is -0.340.